The number of hydrogen-bond acceptors (Lipinski definition) is 5. The Morgan fingerprint density at radius 1 is 1.24 bits per heavy atom. The van der Waals surface area contributed by atoms with Crippen molar-refractivity contribution in [1.29, 1.82) is 0 Å². The molecule has 3 rings (SSSR count). The van der Waals surface area contributed by atoms with Crippen molar-refractivity contribution < 1.29 is 23.5 Å². The van der Waals surface area contributed by atoms with Crippen LogP contribution in [0.1, 0.15) is 43.2 Å². The van der Waals surface area contributed by atoms with Crippen molar-refractivity contribution in [2.24, 2.45) is 5.92 Å². The number of thiophene rings is 1. The monoisotopic (exact) mass is 476 g/mol. The van der Waals surface area contributed by atoms with Crippen LogP contribution in [0.5, 0.6) is 5.75 Å². The van der Waals surface area contributed by atoms with Crippen LogP contribution in [0.3, 0.4) is 0 Å². The Morgan fingerprint density at radius 2 is 2.00 bits per heavy atom. The Bertz CT molecular complexity index is 915. The topological polar surface area (TPSA) is 59.1 Å². The summed E-state index contributed by atoms with van der Waals surface area (Å²) in [4.78, 5) is 31.0. The summed E-state index contributed by atoms with van der Waals surface area (Å²) in [6.07, 6.45) is 1.88. The van der Waals surface area contributed by atoms with Crippen LogP contribution in [0.25, 0.3) is 0 Å². The van der Waals surface area contributed by atoms with Crippen LogP contribution < -0.4 is 4.74 Å². The summed E-state index contributed by atoms with van der Waals surface area (Å²) in [6, 6.07) is 7.67. The van der Waals surface area contributed by atoms with Gasteiger partial charge in [0.1, 0.15) is 18.2 Å². The lowest BCUT2D eigenvalue weighted by Gasteiger charge is -2.37. The predicted molar refractivity (Wildman–Crippen MR) is 127 cm³/mol. The first-order chi connectivity index (χ1) is 15.9. The number of ether oxygens (including phenoxy) is 2. The highest BCUT2D eigenvalue weighted by molar-refractivity contribution is 7.10. The van der Waals surface area contributed by atoms with E-state index in [0.29, 0.717) is 38.3 Å². The van der Waals surface area contributed by atoms with Crippen LogP contribution in [-0.2, 0) is 20.7 Å². The van der Waals surface area contributed by atoms with Crippen molar-refractivity contribution >= 4 is 23.2 Å². The number of carbonyl (C=O) groups is 2. The van der Waals surface area contributed by atoms with Gasteiger partial charge in [0.15, 0.2) is 0 Å². The lowest BCUT2D eigenvalue weighted by molar-refractivity contribution is -0.143. The minimum absolute atomic E-state index is 0.0122. The number of rotatable bonds is 11. The number of halogens is 1. The molecule has 2 aromatic rings. The molecule has 1 aliphatic rings. The Morgan fingerprint density at radius 3 is 2.70 bits per heavy atom. The molecule has 1 aliphatic heterocycles. The Labute approximate surface area is 199 Å². The fourth-order valence-corrected chi connectivity index (χ4v) is 4.93. The van der Waals surface area contributed by atoms with Crippen LogP contribution >= 0.6 is 11.3 Å². The molecule has 0 saturated heterocycles. The molecule has 2 heterocycles. The maximum absolute atomic E-state index is 13.4. The summed E-state index contributed by atoms with van der Waals surface area (Å²) in [5, 5.41) is 2.03. The first-order valence-corrected chi connectivity index (χ1v) is 12.3. The normalized spacial score (nSPS) is 15.4. The van der Waals surface area contributed by atoms with Crippen molar-refractivity contribution in [3.05, 3.63) is 52.0 Å². The van der Waals surface area contributed by atoms with Gasteiger partial charge in [-0.15, -0.1) is 11.3 Å². The molecule has 1 aromatic carbocycles. The van der Waals surface area contributed by atoms with Gasteiger partial charge in [-0.2, -0.15) is 0 Å². The number of amides is 2. The highest BCUT2D eigenvalue weighted by Crippen LogP contribution is 2.34. The van der Waals surface area contributed by atoms with Crippen molar-refractivity contribution in [1.82, 2.24) is 9.80 Å². The van der Waals surface area contributed by atoms with E-state index in [4.69, 9.17) is 9.47 Å². The smallest absolute Gasteiger partial charge is 0.242 e. The molecule has 0 aliphatic carbocycles. The summed E-state index contributed by atoms with van der Waals surface area (Å²) < 4.78 is 24.3. The third-order valence-corrected chi connectivity index (χ3v) is 6.67. The fourth-order valence-electron chi connectivity index (χ4n) is 4.00. The predicted octanol–water partition coefficient (Wildman–Crippen LogP) is 4.30. The molecule has 8 heteroatoms. The summed E-state index contributed by atoms with van der Waals surface area (Å²) in [5.74, 6) is 0.352. The number of benzene rings is 1. The lowest BCUT2D eigenvalue weighted by atomic mass is 10.00. The van der Waals surface area contributed by atoms with Crippen LogP contribution in [0, 0.1) is 11.7 Å². The quantitative estimate of drug-likeness (QED) is 0.454. The van der Waals surface area contributed by atoms with Crippen LogP contribution in [-0.4, -0.2) is 61.6 Å². The number of hydrogen-bond donors (Lipinski definition) is 0. The Kier molecular flexibility index (Phi) is 9.26. The Balaban J connectivity index is 1.73. The van der Waals surface area contributed by atoms with E-state index in [1.807, 2.05) is 30.2 Å². The van der Waals surface area contributed by atoms with Gasteiger partial charge in [0.25, 0.3) is 0 Å². The second-order valence-corrected chi connectivity index (χ2v) is 9.68. The molecule has 1 aromatic heterocycles. The summed E-state index contributed by atoms with van der Waals surface area (Å²) >= 11 is 1.68. The average molecular weight is 477 g/mol. The molecule has 180 valence electrons. The molecular formula is C25H33FN2O4S. The molecule has 1 atom stereocenters. The molecule has 0 radical (unpaired) electrons. The molecule has 33 heavy (non-hydrogen) atoms. The van der Waals surface area contributed by atoms with E-state index in [0.717, 1.165) is 12.0 Å². The van der Waals surface area contributed by atoms with Gasteiger partial charge in [-0.3, -0.25) is 9.59 Å². The molecule has 0 fully saturated rings. The van der Waals surface area contributed by atoms with E-state index in [2.05, 4.69) is 0 Å². The molecule has 6 nitrogen and oxygen atoms in total. The molecule has 0 bridgehead atoms. The molecule has 0 unspecified atom stereocenters. The standard InChI is InChI=1S/C25H33FN2O4S/c1-18(2)15-24(29)27(11-4-13-31-3)16-25(30)28-12-9-23-21(10-14-33-23)22(28)17-32-20-7-5-19(26)6-8-20/h5-8,10,14,18,22H,4,9,11-13,15-17H2,1-3H3/t22-/m1/s1. The zero-order valence-electron chi connectivity index (χ0n) is 19.6. The van der Waals surface area contributed by atoms with Crippen molar-refractivity contribution in [2.45, 2.75) is 39.2 Å². The van der Waals surface area contributed by atoms with E-state index in [-0.39, 0.29) is 42.7 Å². The van der Waals surface area contributed by atoms with E-state index in [1.165, 1.54) is 17.0 Å². The SMILES string of the molecule is COCCCN(CC(=O)N1CCc2sccc2[C@H]1COc1ccc(F)cc1)C(=O)CC(C)C. The van der Waals surface area contributed by atoms with Crippen LogP contribution in [0.15, 0.2) is 35.7 Å². The van der Waals surface area contributed by atoms with Crippen molar-refractivity contribution in [3.63, 3.8) is 0 Å². The maximum Gasteiger partial charge on any atom is 0.242 e. The van der Waals surface area contributed by atoms with Gasteiger partial charge in [0.05, 0.1) is 12.6 Å². The zero-order chi connectivity index (χ0) is 23.8. The number of carbonyl (C=O) groups excluding carboxylic acids is 2. The van der Waals surface area contributed by atoms with Gasteiger partial charge >= 0.3 is 0 Å². The van der Waals surface area contributed by atoms with Crippen LogP contribution in [0.4, 0.5) is 4.39 Å². The van der Waals surface area contributed by atoms with Crippen molar-refractivity contribution in [3.8, 4) is 5.75 Å². The van der Waals surface area contributed by atoms with Gasteiger partial charge < -0.3 is 19.3 Å². The second kappa shape index (κ2) is 12.1. The third kappa shape index (κ3) is 7.01. The van der Waals surface area contributed by atoms with Gasteiger partial charge in [-0.05, 0) is 60.0 Å². The number of methoxy groups -OCH3 is 1. The number of nitrogens with zero attached hydrogens (tertiary/aromatic N) is 2. The van der Waals surface area contributed by atoms with E-state index in [1.54, 1.807) is 35.5 Å². The van der Waals surface area contributed by atoms with Gasteiger partial charge in [-0.25, -0.2) is 4.39 Å². The van der Waals surface area contributed by atoms with E-state index in [9.17, 15) is 14.0 Å². The van der Waals surface area contributed by atoms with Gasteiger partial charge in [-0.1, -0.05) is 13.8 Å². The second-order valence-electron chi connectivity index (χ2n) is 8.68. The molecular weight excluding hydrogens is 443 g/mol. The first kappa shape index (κ1) is 25.2. The van der Waals surface area contributed by atoms with Gasteiger partial charge in [0.2, 0.25) is 11.8 Å². The van der Waals surface area contributed by atoms with Gasteiger partial charge in [0, 0.05) is 38.1 Å². The summed E-state index contributed by atoms with van der Waals surface area (Å²) in [5.41, 5.74) is 1.08. The molecule has 0 spiro atoms. The molecule has 0 N–H and O–H groups in total. The highest BCUT2D eigenvalue weighted by atomic mass is 32.1. The minimum Gasteiger partial charge on any atom is -0.491 e. The molecule has 0 saturated carbocycles. The molecule has 2 amide bonds. The van der Waals surface area contributed by atoms with Crippen LogP contribution in [0.2, 0.25) is 0 Å². The first-order valence-electron chi connectivity index (χ1n) is 11.4. The summed E-state index contributed by atoms with van der Waals surface area (Å²) in [7, 11) is 1.63. The summed E-state index contributed by atoms with van der Waals surface area (Å²) in [6.45, 7) is 5.91. The fraction of sp³-hybridized carbons (Fsp3) is 0.520. The minimum atomic E-state index is -0.323. The zero-order valence-corrected chi connectivity index (χ0v) is 20.4. The average Bonchev–Trinajstić information content (AvgIpc) is 3.26. The maximum atomic E-state index is 13.4. The Hall–Kier alpha value is -2.45. The number of fused-ring (bicyclic) bond motifs is 1. The lowest BCUT2D eigenvalue weighted by Crippen LogP contribution is -2.48. The largest absolute Gasteiger partial charge is 0.491 e. The van der Waals surface area contributed by atoms with E-state index >= 15 is 0 Å². The highest BCUT2D eigenvalue weighted by Gasteiger charge is 2.33. The third-order valence-electron chi connectivity index (χ3n) is 5.67. The van der Waals surface area contributed by atoms with Crippen molar-refractivity contribution in [2.75, 3.05) is 40.0 Å². The van der Waals surface area contributed by atoms with E-state index < -0.39 is 0 Å².